The van der Waals surface area contributed by atoms with E-state index in [4.69, 9.17) is 37.1 Å². The van der Waals surface area contributed by atoms with E-state index in [1.165, 1.54) is 17.2 Å². The number of carbonyl (C=O) groups excluding carboxylic acids is 8. The lowest BCUT2D eigenvalue weighted by molar-refractivity contribution is -0.141. The van der Waals surface area contributed by atoms with Gasteiger partial charge in [-0.25, -0.2) is 10.7 Å². The standard InChI is InChI=1S/C21H26ClN3O2.C20H25N3O2.C20H23N3O2.C16H24N2O3S.C13H16N2O2.C7H9NO.C5H7NO3.C4H8O2.ClH/c1-23-20(21(26)24-15-17-8-4-2-5-9-17)13-12-19(14-22)25-27-16-18-10-6-3-7-11-18;2*24-20(22-13-16-7-3-1-4-8-16)19-12-11-18(14-21-19)23-25-15-17-9-5-2-6-10-17;1-17-15(10-9-14(19)12-22(2,3)21)16(20)18-11-13-7-5-4-6-8-13;1-15-11(7-8-12(15)16)13(17)14-9-10-5-3-2-4-6-10;8-9-6-7-4-2-1-3-5-7;7-4-2-1-3(6-4)5(8)9;1-3-6-4(2)5;/h2-11,20,23H,12-16H2,1H3,(H,24,26);1-10,18-19,21,23H,11-15H2,(H,22,24);1-10,19,21H,11-15H2,(H,22,24);4-8,12,15,17H,9-11H2,1-3H3,(H-,18,19,20,21);2-6,11H,7-9H2,1H3,(H,14,17);1-5H,6,8H2;3H,1-2H2,(H,6,7)(H,8,9);3H2,1-2H3;1H/p+1/t20-;18?,19-;19-;15-;11-;;3-;;/m00000.0../s1. The molecular weight excluding hydrogens is 1860 g/mol. The fourth-order valence-corrected chi connectivity index (χ4v) is 14.8. The van der Waals surface area contributed by atoms with Crippen LogP contribution in [0.4, 0.5) is 0 Å². The Bertz CT molecular complexity index is 5180. The minimum Gasteiger partial charge on any atom is -0.508 e. The summed E-state index contributed by atoms with van der Waals surface area (Å²) in [6.07, 6.45) is 10.1. The minimum atomic E-state index is -2.13. The van der Waals surface area contributed by atoms with Crippen LogP contribution in [0.15, 0.2) is 294 Å². The summed E-state index contributed by atoms with van der Waals surface area (Å²) in [5, 5.41) is 57.2. The molecule has 4 aliphatic rings. The Balaban J connectivity index is 0.000000294. The van der Waals surface area contributed by atoms with Gasteiger partial charge in [0.1, 0.15) is 53.5 Å². The van der Waals surface area contributed by atoms with Crippen LogP contribution in [-0.4, -0.2) is 181 Å². The number of piperidine rings is 2. The molecule has 9 aromatic rings. The first-order valence-corrected chi connectivity index (χ1v) is 49.6. The van der Waals surface area contributed by atoms with Gasteiger partial charge in [0.2, 0.25) is 41.4 Å². The molecule has 35 heteroatoms. The van der Waals surface area contributed by atoms with Crippen molar-refractivity contribution in [3.63, 3.8) is 0 Å². The number of carboxylic acid groups (broad SMARTS) is 1. The van der Waals surface area contributed by atoms with Crippen LogP contribution in [0, 0.1) is 0 Å². The SMILES string of the molecule is CCOC(C)=O.CN1C(=O)CC[C@H]1C(=O)NCc1ccccc1.CN[C@@H](CC/C(O)=C/[S+](C)(C)=O)C(=O)NCc1ccccc1.CN[C@@H](CCC(CCl)=NOCc1ccccc1)C(=O)NCc1ccccc1.Cl.NOCc1ccccc1.O=C(NCc1ccccc1)[C@@H]1CCC(=NOCc2ccccc2)CN1.O=C(NCc1ccccc1)[C@@H]1CCC(NOCc2ccccc2)CN1.O=C1CC[C@@H](C(=O)O)N1. The van der Waals surface area contributed by atoms with Gasteiger partial charge in [0, 0.05) is 85.1 Å². The number of ether oxygens (including phenoxy) is 1. The van der Waals surface area contributed by atoms with E-state index in [1.807, 2.05) is 273 Å². The molecule has 4 aliphatic heterocycles. The zero-order valence-corrected chi connectivity index (χ0v) is 83.8. The maximum absolute atomic E-state index is 12.4. The first-order valence-electron chi connectivity index (χ1n) is 46.7. The van der Waals surface area contributed by atoms with Gasteiger partial charge < -0.3 is 82.7 Å². The lowest BCUT2D eigenvalue weighted by atomic mass is 10.0. The van der Waals surface area contributed by atoms with Gasteiger partial charge >= 0.3 is 11.9 Å². The molecular formula is C106H140Cl2N15O17S+. The van der Waals surface area contributed by atoms with E-state index in [-0.39, 0.29) is 102 Å². The van der Waals surface area contributed by atoms with Crippen LogP contribution in [0.5, 0.6) is 0 Å². The van der Waals surface area contributed by atoms with Crippen LogP contribution in [0.3, 0.4) is 0 Å². The molecule has 4 heterocycles. The summed E-state index contributed by atoms with van der Waals surface area (Å²) in [6.45, 7) is 9.46. The molecule has 760 valence electrons. The highest BCUT2D eigenvalue weighted by Crippen LogP contribution is 2.19. The van der Waals surface area contributed by atoms with Crippen LogP contribution in [0.25, 0.3) is 0 Å². The number of hydrogen-bond donors (Lipinski definition) is 14. The number of nitrogens with two attached hydrogens (primary N) is 1. The minimum absolute atomic E-state index is 0. The number of nitrogens with zero attached hydrogens (tertiary/aromatic N) is 3. The molecule has 0 radical (unpaired) electrons. The number of aliphatic hydroxyl groups is 1. The first kappa shape index (κ1) is 119. The molecule has 15 N–H and O–H groups in total. The first-order chi connectivity index (χ1) is 67.7. The number of benzene rings is 9. The molecule has 7 amide bonds. The molecule has 9 aromatic carbocycles. The molecule has 32 nitrogen and oxygen atoms in total. The Kier molecular flexibility index (Phi) is 59.4. The zero-order chi connectivity index (χ0) is 101. The van der Waals surface area contributed by atoms with Gasteiger partial charge in [0.15, 0.2) is 5.41 Å². The Labute approximate surface area is 840 Å². The summed E-state index contributed by atoms with van der Waals surface area (Å²) >= 11 is 5.96. The zero-order valence-electron chi connectivity index (χ0n) is 81.4. The monoisotopic (exact) mass is 2000 g/mol. The number of oxime groups is 2. The number of aliphatic carboxylic acids is 1. The van der Waals surface area contributed by atoms with Crippen LogP contribution in [0.1, 0.15) is 141 Å². The summed E-state index contributed by atoms with van der Waals surface area (Å²) in [5.41, 5.74) is 14.5. The lowest BCUT2D eigenvalue weighted by Gasteiger charge is -2.29. The van der Waals surface area contributed by atoms with Crippen molar-refractivity contribution in [1.82, 2.24) is 63.5 Å². The fourth-order valence-electron chi connectivity index (χ4n) is 13.8. The van der Waals surface area contributed by atoms with Gasteiger partial charge in [-0.3, -0.25) is 48.0 Å². The second kappa shape index (κ2) is 70.7. The van der Waals surface area contributed by atoms with E-state index < -0.39 is 28.0 Å². The molecule has 0 saturated carbocycles. The Morgan fingerprint density at radius 1 is 0.504 bits per heavy atom. The molecule has 4 saturated heterocycles. The van der Waals surface area contributed by atoms with Crippen molar-refractivity contribution in [1.29, 1.82) is 0 Å². The van der Waals surface area contributed by atoms with Gasteiger partial charge in [-0.1, -0.05) is 283 Å². The van der Waals surface area contributed by atoms with Crippen molar-refractivity contribution in [2.24, 2.45) is 16.2 Å². The van der Waals surface area contributed by atoms with Gasteiger partial charge in [-0.15, -0.1) is 28.2 Å². The van der Waals surface area contributed by atoms with Crippen LogP contribution < -0.4 is 64.5 Å². The number of allylic oxidation sites excluding steroid dienone is 1. The number of hydrogen-bond acceptors (Lipinski definition) is 24. The molecule has 4 fully saturated rings. The van der Waals surface area contributed by atoms with E-state index in [1.54, 1.807) is 40.6 Å². The van der Waals surface area contributed by atoms with Crippen LogP contribution in [-0.2, 0) is 141 Å². The number of rotatable bonds is 39. The predicted molar refractivity (Wildman–Crippen MR) is 554 cm³/mol. The second-order valence-electron chi connectivity index (χ2n) is 33.0. The largest absolute Gasteiger partial charge is 0.508 e. The number of hydroxylamine groups is 1. The summed E-state index contributed by atoms with van der Waals surface area (Å²) in [5.74, 6) is 3.80. The quantitative estimate of drug-likeness (QED) is 0.00425. The van der Waals surface area contributed by atoms with Crippen molar-refractivity contribution in [3.8, 4) is 0 Å². The molecule has 0 bridgehead atoms. The number of halogens is 2. The molecule has 1 unspecified atom stereocenters. The average Bonchev–Trinajstić information content (AvgIpc) is 1.73. The number of aliphatic hydroxyl groups excluding tert-OH is 1. The number of likely N-dealkylation sites (N-methyl/N-ethyl adjacent to an activating group) is 3. The Morgan fingerprint density at radius 2 is 0.894 bits per heavy atom. The number of nitrogens with one attached hydrogen (secondary N) is 11. The maximum atomic E-state index is 12.4. The number of carbonyl (C=O) groups is 9. The number of amides is 7. The van der Waals surface area contributed by atoms with E-state index in [2.05, 4.69) is 78.5 Å². The number of carboxylic acids is 1. The molecule has 0 spiro atoms. The second-order valence-corrected chi connectivity index (χ2v) is 36.2. The number of likely N-dealkylation sites (tertiary alicyclic amines) is 1. The molecule has 0 aromatic heterocycles. The van der Waals surface area contributed by atoms with Crippen molar-refractivity contribution in [3.05, 3.63) is 334 Å². The Hall–Kier alpha value is -12.9. The lowest BCUT2D eigenvalue weighted by Crippen LogP contribution is -2.53. The van der Waals surface area contributed by atoms with Crippen LogP contribution >= 0.6 is 24.0 Å². The van der Waals surface area contributed by atoms with Crippen molar-refractivity contribution >= 4 is 98.7 Å². The fraction of sp³-hybridized carbons (Fsp3) is 0.368. The summed E-state index contributed by atoms with van der Waals surface area (Å²) in [4.78, 5) is 125. The third-order valence-corrected chi connectivity index (χ3v) is 22.7. The molecule has 141 heavy (non-hydrogen) atoms. The molecule has 13 rings (SSSR count). The topological polar surface area (TPSA) is 444 Å². The van der Waals surface area contributed by atoms with Gasteiger partial charge in [0.05, 0.1) is 61.3 Å². The van der Waals surface area contributed by atoms with Crippen molar-refractivity contribution < 1.29 is 81.7 Å². The third kappa shape index (κ3) is 52.3. The average molecular weight is 2000 g/mol. The number of esters is 1. The van der Waals surface area contributed by atoms with Gasteiger partial charge in [-0.2, -0.15) is 5.48 Å². The van der Waals surface area contributed by atoms with E-state index in [0.717, 1.165) is 93.7 Å². The van der Waals surface area contributed by atoms with Gasteiger partial charge in [-0.05, 0) is 129 Å². The summed E-state index contributed by atoms with van der Waals surface area (Å²) in [7, 11) is 3.03. The van der Waals surface area contributed by atoms with E-state index in [9.17, 15) is 52.5 Å². The van der Waals surface area contributed by atoms with E-state index in [0.29, 0.717) is 124 Å². The van der Waals surface area contributed by atoms with Gasteiger partial charge in [0.25, 0.3) is 0 Å². The normalized spacial score (nSPS) is 16.3. The number of alkyl halides is 1. The van der Waals surface area contributed by atoms with Crippen molar-refractivity contribution in [2.45, 2.75) is 192 Å². The molecule has 0 aliphatic carbocycles. The smallest absolute Gasteiger partial charge is 0.326 e. The highest BCUT2D eigenvalue weighted by atomic mass is 35.5. The van der Waals surface area contributed by atoms with Crippen LogP contribution in [0.2, 0.25) is 0 Å². The van der Waals surface area contributed by atoms with Crippen molar-refractivity contribution in [2.75, 3.05) is 59.2 Å². The molecule has 7 atom stereocenters. The Morgan fingerprint density at radius 3 is 1.23 bits per heavy atom. The summed E-state index contributed by atoms with van der Waals surface area (Å²) in [6, 6.07) is 87.0. The summed E-state index contributed by atoms with van der Waals surface area (Å²) < 4.78 is 16.0. The maximum Gasteiger partial charge on any atom is 0.326 e. The highest BCUT2D eigenvalue weighted by molar-refractivity contribution is 8.04. The highest BCUT2D eigenvalue weighted by Gasteiger charge is 2.34. The van der Waals surface area contributed by atoms with E-state index >= 15 is 0 Å². The predicted octanol–water partition coefficient (Wildman–Crippen LogP) is 12.4. The third-order valence-electron chi connectivity index (χ3n) is 21.6.